The molecule has 0 aromatic heterocycles. The minimum Gasteiger partial charge on any atom is -0.395 e. The summed E-state index contributed by atoms with van der Waals surface area (Å²) in [5.41, 5.74) is 0. The van der Waals surface area contributed by atoms with E-state index in [0.29, 0.717) is 0 Å². The molecule has 0 saturated carbocycles. The van der Waals surface area contributed by atoms with Crippen LogP contribution in [0.25, 0.3) is 0 Å². The number of hydrogen-bond donors (Lipinski definition) is 3. The lowest BCUT2D eigenvalue weighted by Gasteiger charge is -2.37. The highest BCUT2D eigenvalue weighted by Crippen LogP contribution is 2.08. The number of nitrogens with one attached hydrogen (secondary N) is 1. The van der Waals surface area contributed by atoms with Crippen molar-refractivity contribution in [3.05, 3.63) is 0 Å². The molecular formula is C8H18N2O2. The van der Waals surface area contributed by atoms with E-state index >= 15 is 0 Å². The van der Waals surface area contributed by atoms with Crippen molar-refractivity contribution in [1.29, 1.82) is 0 Å². The fourth-order valence-electron chi connectivity index (χ4n) is 1.57. The summed E-state index contributed by atoms with van der Waals surface area (Å²) in [5, 5.41) is 21.8. The Labute approximate surface area is 73.2 Å². The molecule has 0 amide bonds. The smallest absolute Gasteiger partial charge is 0.107 e. The van der Waals surface area contributed by atoms with Gasteiger partial charge in [-0.15, -0.1) is 0 Å². The number of aliphatic hydroxyl groups excluding tert-OH is 2. The Morgan fingerprint density at radius 2 is 2.42 bits per heavy atom. The molecule has 72 valence electrons. The van der Waals surface area contributed by atoms with Gasteiger partial charge in [-0.05, 0) is 6.42 Å². The van der Waals surface area contributed by atoms with Crippen molar-refractivity contribution >= 4 is 0 Å². The minimum atomic E-state index is -0.399. The summed E-state index contributed by atoms with van der Waals surface area (Å²) in [6, 6.07) is 0.0775. The highest BCUT2D eigenvalue weighted by molar-refractivity contribution is 4.80. The maximum atomic E-state index is 9.57. The van der Waals surface area contributed by atoms with Crippen LogP contribution in [0.4, 0.5) is 0 Å². The summed E-state index contributed by atoms with van der Waals surface area (Å²) in [4.78, 5) is 1.95. The molecule has 0 spiro atoms. The van der Waals surface area contributed by atoms with Gasteiger partial charge in [0.05, 0.1) is 6.61 Å². The molecule has 0 aromatic carbocycles. The van der Waals surface area contributed by atoms with Gasteiger partial charge in [0.15, 0.2) is 0 Å². The van der Waals surface area contributed by atoms with Crippen molar-refractivity contribution < 1.29 is 10.2 Å². The SMILES string of the molecule is CCC(O)N1CCNCC1CO. The average molecular weight is 174 g/mol. The second kappa shape index (κ2) is 4.77. The van der Waals surface area contributed by atoms with Crippen LogP contribution < -0.4 is 5.32 Å². The predicted molar refractivity (Wildman–Crippen MR) is 46.7 cm³/mol. The zero-order valence-electron chi connectivity index (χ0n) is 7.53. The normalized spacial score (nSPS) is 28.8. The van der Waals surface area contributed by atoms with Gasteiger partial charge in [-0.25, -0.2) is 0 Å². The van der Waals surface area contributed by atoms with Gasteiger partial charge in [0, 0.05) is 25.7 Å². The van der Waals surface area contributed by atoms with Crippen LogP contribution in [-0.4, -0.2) is 53.6 Å². The van der Waals surface area contributed by atoms with Crippen molar-refractivity contribution in [2.45, 2.75) is 25.6 Å². The Kier molecular flexibility index (Phi) is 3.94. The van der Waals surface area contributed by atoms with Crippen molar-refractivity contribution in [2.24, 2.45) is 0 Å². The number of nitrogens with zero attached hydrogens (tertiary/aromatic N) is 1. The van der Waals surface area contributed by atoms with Gasteiger partial charge >= 0.3 is 0 Å². The van der Waals surface area contributed by atoms with E-state index in [2.05, 4.69) is 5.32 Å². The van der Waals surface area contributed by atoms with Crippen LogP contribution in [0.2, 0.25) is 0 Å². The molecule has 1 aliphatic rings. The highest BCUT2D eigenvalue weighted by Gasteiger charge is 2.25. The zero-order chi connectivity index (χ0) is 8.97. The van der Waals surface area contributed by atoms with E-state index < -0.39 is 6.23 Å². The van der Waals surface area contributed by atoms with E-state index in [-0.39, 0.29) is 12.6 Å². The lowest BCUT2D eigenvalue weighted by Crippen LogP contribution is -2.56. The predicted octanol–water partition coefficient (Wildman–Crippen LogP) is -1.02. The molecule has 0 bridgehead atoms. The van der Waals surface area contributed by atoms with Gasteiger partial charge in [0.2, 0.25) is 0 Å². The largest absolute Gasteiger partial charge is 0.395 e. The molecular weight excluding hydrogens is 156 g/mol. The highest BCUT2D eigenvalue weighted by atomic mass is 16.3. The van der Waals surface area contributed by atoms with Crippen LogP contribution in [-0.2, 0) is 0 Å². The maximum Gasteiger partial charge on any atom is 0.107 e. The molecule has 1 rings (SSSR count). The fourth-order valence-corrected chi connectivity index (χ4v) is 1.57. The number of rotatable bonds is 3. The minimum absolute atomic E-state index is 0.0775. The van der Waals surface area contributed by atoms with Crippen LogP contribution in [0.1, 0.15) is 13.3 Å². The van der Waals surface area contributed by atoms with Gasteiger partial charge in [-0.2, -0.15) is 0 Å². The van der Waals surface area contributed by atoms with Gasteiger partial charge in [0.25, 0.3) is 0 Å². The summed E-state index contributed by atoms with van der Waals surface area (Å²) in [7, 11) is 0. The van der Waals surface area contributed by atoms with E-state index in [0.717, 1.165) is 26.1 Å². The Hall–Kier alpha value is -0.160. The zero-order valence-corrected chi connectivity index (χ0v) is 7.53. The van der Waals surface area contributed by atoms with E-state index in [1.54, 1.807) is 0 Å². The molecule has 0 aromatic rings. The van der Waals surface area contributed by atoms with Crippen molar-refractivity contribution in [1.82, 2.24) is 10.2 Å². The van der Waals surface area contributed by atoms with Gasteiger partial charge < -0.3 is 15.5 Å². The Balaban J connectivity index is 2.46. The summed E-state index contributed by atoms with van der Waals surface area (Å²) >= 11 is 0. The summed E-state index contributed by atoms with van der Waals surface area (Å²) in [6.45, 7) is 4.55. The van der Waals surface area contributed by atoms with Gasteiger partial charge in [-0.3, -0.25) is 4.90 Å². The lowest BCUT2D eigenvalue weighted by molar-refractivity contribution is -0.0502. The van der Waals surface area contributed by atoms with E-state index in [9.17, 15) is 5.11 Å². The molecule has 0 radical (unpaired) electrons. The van der Waals surface area contributed by atoms with Crippen molar-refractivity contribution in [2.75, 3.05) is 26.2 Å². The first kappa shape index (κ1) is 9.92. The molecule has 4 heteroatoms. The first-order valence-corrected chi connectivity index (χ1v) is 4.55. The molecule has 3 N–H and O–H groups in total. The third-order valence-corrected chi connectivity index (χ3v) is 2.35. The molecule has 0 aliphatic carbocycles. The summed E-state index contributed by atoms with van der Waals surface area (Å²) in [6.07, 6.45) is 0.320. The quantitative estimate of drug-likeness (QED) is 0.513. The van der Waals surface area contributed by atoms with Gasteiger partial charge in [0.1, 0.15) is 6.23 Å². The number of hydrogen-bond acceptors (Lipinski definition) is 4. The van der Waals surface area contributed by atoms with Crippen molar-refractivity contribution in [3.63, 3.8) is 0 Å². The Bertz CT molecular complexity index is 132. The fraction of sp³-hybridized carbons (Fsp3) is 1.00. The molecule has 1 aliphatic heterocycles. The second-order valence-electron chi connectivity index (χ2n) is 3.17. The third kappa shape index (κ3) is 2.17. The standard InChI is InChI=1S/C8H18N2O2/c1-2-8(12)10-4-3-9-5-7(10)6-11/h7-9,11-12H,2-6H2,1H3. The average Bonchev–Trinajstić information content (AvgIpc) is 2.16. The Morgan fingerprint density at radius 1 is 1.67 bits per heavy atom. The van der Waals surface area contributed by atoms with Crippen LogP contribution in [0, 0.1) is 0 Å². The molecule has 12 heavy (non-hydrogen) atoms. The van der Waals surface area contributed by atoms with E-state index in [1.165, 1.54) is 0 Å². The molecule has 1 heterocycles. The second-order valence-corrected chi connectivity index (χ2v) is 3.17. The topological polar surface area (TPSA) is 55.7 Å². The Morgan fingerprint density at radius 3 is 3.00 bits per heavy atom. The van der Waals surface area contributed by atoms with Crippen LogP contribution in [0.15, 0.2) is 0 Å². The number of aliphatic hydroxyl groups is 2. The molecule has 4 nitrogen and oxygen atoms in total. The van der Waals surface area contributed by atoms with Gasteiger partial charge in [-0.1, -0.05) is 6.92 Å². The molecule has 2 unspecified atom stereocenters. The van der Waals surface area contributed by atoms with Crippen LogP contribution in [0.5, 0.6) is 0 Å². The van der Waals surface area contributed by atoms with Crippen LogP contribution in [0.3, 0.4) is 0 Å². The monoisotopic (exact) mass is 174 g/mol. The van der Waals surface area contributed by atoms with Crippen LogP contribution >= 0.6 is 0 Å². The van der Waals surface area contributed by atoms with E-state index in [4.69, 9.17) is 5.11 Å². The maximum absolute atomic E-state index is 9.57. The summed E-state index contributed by atoms with van der Waals surface area (Å²) in [5.74, 6) is 0. The first-order valence-electron chi connectivity index (χ1n) is 4.55. The first-order chi connectivity index (χ1) is 5.79. The number of piperazine rings is 1. The summed E-state index contributed by atoms with van der Waals surface area (Å²) < 4.78 is 0. The van der Waals surface area contributed by atoms with E-state index in [1.807, 2.05) is 11.8 Å². The third-order valence-electron chi connectivity index (χ3n) is 2.35. The van der Waals surface area contributed by atoms with Crippen molar-refractivity contribution in [3.8, 4) is 0 Å². The molecule has 1 saturated heterocycles. The molecule has 1 fully saturated rings. The molecule has 2 atom stereocenters. The lowest BCUT2D eigenvalue weighted by atomic mass is 10.2.